The lowest BCUT2D eigenvalue weighted by Gasteiger charge is -2.34. The smallest absolute Gasteiger partial charge is 0.200 e. The van der Waals surface area contributed by atoms with Crippen molar-refractivity contribution in [3.8, 4) is 5.75 Å². The summed E-state index contributed by atoms with van der Waals surface area (Å²) in [6.07, 6.45) is 14.1. The topological polar surface area (TPSA) is 9.23 Å². The molecule has 0 aromatic heterocycles. The maximum absolute atomic E-state index is 14.2. The van der Waals surface area contributed by atoms with Gasteiger partial charge in [0.15, 0.2) is 11.6 Å². The lowest BCUT2D eigenvalue weighted by atomic mass is 9.71. The lowest BCUT2D eigenvalue weighted by Crippen LogP contribution is -2.23. The molecule has 26 heavy (non-hydrogen) atoms. The molecule has 3 heteroatoms. The minimum Gasteiger partial charge on any atom is -0.491 e. The molecule has 0 N–H and O–H groups in total. The van der Waals surface area contributed by atoms with Crippen LogP contribution in [0.4, 0.5) is 8.78 Å². The highest BCUT2D eigenvalue weighted by Gasteiger charge is 2.28. The van der Waals surface area contributed by atoms with Gasteiger partial charge in [-0.2, -0.15) is 4.39 Å². The quantitative estimate of drug-likeness (QED) is 0.511. The Morgan fingerprint density at radius 3 is 2.38 bits per heavy atom. The summed E-state index contributed by atoms with van der Waals surface area (Å²) in [6.45, 7) is 4.41. The molecule has 0 radical (unpaired) electrons. The van der Waals surface area contributed by atoms with Gasteiger partial charge in [-0.25, -0.2) is 4.39 Å². The van der Waals surface area contributed by atoms with E-state index in [1.807, 2.05) is 0 Å². The van der Waals surface area contributed by atoms with E-state index >= 15 is 0 Å². The van der Waals surface area contributed by atoms with Crippen LogP contribution in [0.15, 0.2) is 24.3 Å². The van der Waals surface area contributed by atoms with Crippen molar-refractivity contribution in [1.29, 1.82) is 0 Å². The van der Waals surface area contributed by atoms with Crippen LogP contribution in [0.2, 0.25) is 0 Å². The maximum atomic E-state index is 14.2. The highest BCUT2D eigenvalue weighted by molar-refractivity contribution is 5.31. The van der Waals surface area contributed by atoms with Crippen molar-refractivity contribution in [2.45, 2.75) is 65.2 Å². The van der Waals surface area contributed by atoms with Crippen LogP contribution < -0.4 is 4.74 Å². The van der Waals surface area contributed by atoms with Crippen LogP contribution in [0.25, 0.3) is 0 Å². The minimum atomic E-state index is -0.841. The van der Waals surface area contributed by atoms with E-state index in [0.717, 1.165) is 24.2 Å². The van der Waals surface area contributed by atoms with Crippen molar-refractivity contribution in [3.05, 3.63) is 41.5 Å². The number of hydrogen-bond acceptors (Lipinski definition) is 1. The number of benzene rings is 1. The molecule has 0 spiro atoms. The van der Waals surface area contributed by atoms with Crippen molar-refractivity contribution < 1.29 is 13.5 Å². The molecule has 0 saturated heterocycles. The SMILES string of the molecule is CCOc1ccc(CCC2CCC(C3C=CC(C)CC3)CC2)c(F)c1F. The number of rotatable bonds is 6. The molecule has 144 valence electrons. The third-order valence-electron chi connectivity index (χ3n) is 6.39. The molecule has 1 aromatic rings. The van der Waals surface area contributed by atoms with Gasteiger partial charge in [-0.15, -0.1) is 0 Å². The molecule has 2 aliphatic rings. The Morgan fingerprint density at radius 2 is 1.73 bits per heavy atom. The number of aryl methyl sites for hydroxylation is 1. The molecule has 1 saturated carbocycles. The van der Waals surface area contributed by atoms with Crippen LogP contribution in [0.1, 0.15) is 64.4 Å². The first-order chi connectivity index (χ1) is 12.6. The predicted molar refractivity (Wildman–Crippen MR) is 102 cm³/mol. The van der Waals surface area contributed by atoms with E-state index in [0.29, 0.717) is 24.5 Å². The summed E-state index contributed by atoms with van der Waals surface area (Å²) in [4.78, 5) is 0. The van der Waals surface area contributed by atoms with E-state index in [2.05, 4.69) is 19.1 Å². The van der Waals surface area contributed by atoms with Crippen LogP contribution in [-0.2, 0) is 6.42 Å². The van der Waals surface area contributed by atoms with Gasteiger partial charge < -0.3 is 4.74 Å². The molecule has 1 aromatic carbocycles. The van der Waals surface area contributed by atoms with Gasteiger partial charge in [-0.05, 0) is 80.8 Å². The van der Waals surface area contributed by atoms with Crippen molar-refractivity contribution in [1.82, 2.24) is 0 Å². The van der Waals surface area contributed by atoms with Crippen LogP contribution in [0.3, 0.4) is 0 Å². The summed E-state index contributed by atoms with van der Waals surface area (Å²) in [6, 6.07) is 3.24. The standard InChI is InChI=1S/C23H32F2O/c1-3-26-21-15-14-20(22(24)23(21)25)13-8-17-6-11-19(12-7-17)18-9-4-16(2)5-10-18/h4,9,14-19H,3,5-8,10-13H2,1-2H3. The minimum absolute atomic E-state index is 0.0177. The van der Waals surface area contributed by atoms with E-state index in [1.54, 1.807) is 19.1 Å². The fourth-order valence-electron chi connectivity index (χ4n) is 4.67. The van der Waals surface area contributed by atoms with E-state index in [-0.39, 0.29) is 5.75 Å². The molecule has 0 bridgehead atoms. The average molecular weight is 363 g/mol. The van der Waals surface area contributed by atoms with E-state index in [4.69, 9.17) is 4.74 Å². The summed E-state index contributed by atoms with van der Waals surface area (Å²) in [5.41, 5.74) is 0.484. The Bertz CT molecular complexity index is 617. The number of hydrogen-bond donors (Lipinski definition) is 0. The Balaban J connectivity index is 1.48. The second-order valence-electron chi connectivity index (χ2n) is 8.21. The highest BCUT2D eigenvalue weighted by atomic mass is 19.2. The first-order valence-electron chi connectivity index (χ1n) is 10.4. The van der Waals surface area contributed by atoms with Crippen molar-refractivity contribution >= 4 is 0 Å². The van der Waals surface area contributed by atoms with Gasteiger partial charge in [0.2, 0.25) is 5.82 Å². The van der Waals surface area contributed by atoms with E-state index in [9.17, 15) is 8.78 Å². The molecule has 1 fully saturated rings. The van der Waals surface area contributed by atoms with E-state index in [1.165, 1.54) is 38.5 Å². The molecular formula is C23H32F2O. The van der Waals surface area contributed by atoms with Gasteiger partial charge in [0.25, 0.3) is 0 Å². The normalized spacial score (nSPS) is 28.9. The fraction of sp³-hybridized carbons (Fsp3) is 0.652. The summed E-state index contributed by atoms with van der Waals surface area (Å²) >= 11 is 0. The van der Waals surface area contributed by atoms with Gasteiger partial charge in [0, 0.05) is 0 Å². The Kier molecular flexibility index (Phi) is 6.72. The molecule has 0 aliphatic heterocycles. The Labute approximate surface area is 156 Å². The van der Waals surface area contributed by atoms with Gasteiger partial charge in [-0.1, -0.05) is 38.0 Å². The average Bonchev–Trinajstić information content (AvgIpc) is 2.66. The lowest BCUT2D eigenvalue weighted by molar-refractivity contribution is 0.207. The predicted octanol–water partition coefficient (Wildman–Crippen LogP) is 6.70. The first-order valence-corrected chi connectivity index (χ1v) is 10.4. The molecule has 3 rings (SSSR count). The van der Waals surface area contributed by atoms with Gasteiger partial charge in [0.05, 0.1) is 6.61 Å². The monoisotopic (exact) mass is 362 g/mol. The summed E-state index contributed by atoms with van der Waals surface area (Å²) in [5.74, 6) is 1.43. The molecule has 2 unspecified atom stereocenters. The fourth-order valence-corrected chi connectivity index (χ4v) is 4.67. The van der Waals surface area contributed by atoms with Crippen molar-refractivity contribution in [2.24, 2.45) is 23.7 Å². The van der Waals surface area contributed by atoms with Crippen molar-refractivity contribution in [3.63, 3.8) is 0 Å². The molecule has 0 heterocycles. The summed E-state index contributed by atoms with van der Waals surface area (Å²) < 4.78 is 33.3. The zero-order valence-corrected chi connectivity index (χ0v) is 16.1. The van der Waals surface area contributed by atoms with Crippen LogP contribution in [0.5, 0.6) is 5.75 Å². The Morgan fingerprint density at radius 1 is 0.962 bits per heavy atom. The zero-order valence-electron chi connectivity index (χ0n) is 16.1. The maximum Gasteiger partial charge on any atom is 0.200 e. The number of halogens is 2. The third kappa shape index (κ3) is 4.66. The summed E-state index contributed by atoms with van der Waals surface area (Å²) in [7, 11) is 0. The van der Waals surface area contributed by atoms with Gasteiger partial charge in [0.1, 0.15) is 0 Å². The van der Waals surface area contributed by atoms with Gasteiger partial charge >= 0.3 is 0 Å². The second kappa shape index (κ2) is 9.01. The number of ether oxygens (including phenoxy) is 1. The number of allylic oxidation sites excluding steroid dienone is 2. The molecule has 2 aliphatic carbocycles. The molecule has 2 atom stereocenters. The second-order valence-corrected chi connectivity index (χ2v) is 8.21. The molecule has 1 nitrogen and oxygen atoms in total. The van der Waals surface area contributed by atoms with Crippen LogP contribution in [-0.4, -0.2) is 6.61 Å². The van der Waals surface area contributed by atoms with Crippen LogP contribution in [0, 0.1) is 35.3 Å². The Hall–Kier alpha value is -1.38. The van der Waals surface area contributed by atoms with E-state index < -0.39 is 11.6 Å². The van der Waals surface area contributed by atoms with Gasteiger partial charge in [-0.3, -0.25) is 0 Å². The highest BCUT2D eigenvalue weighted by Crippen LogP contribution is 2.39. The largest absolute Gasteiger partial charge is 0.491 e. The third-order valence-corrected chi connectivity index (χ3v) is 6.39. The first kappa shape index (κ1) is 19.4. The van der Waals surface area contributed by atoms with Crippen molar-refractivity contribution in [2.75, 3.05) is 6.61 Å². The molecule has 0 amide bonds. The zero-order chi connectivity index (χ0) is 18.5. The van der Waals surface area contributed by atoms with Crippen LogP contribution >= 0.6 is 0 Å². The summed E-state index contributed by atoms with van der Waals surface area (Å²) in [5, 5.41) is 0. The molecular weight excluding hydrogens is 330 g/mol.